The van der Waals surface area contributed by atoms with Crippen molar-refractivity contribution >= 4 is 5.91 Å². The van der Waals surface area contributed by atoms with Gasteiger partial charge in [-0.3, -0.25) is 9.69 Å². The first-order valence-corrected chi connectivity index (χ1v) is 6.54. The third-order valence-corrected chi connectivity index (χ3v) is 3.18. The number of rotatable bonds is 4. The molecule has 0 saturated carbocycles. The maximum absolute atomic E-state index is 11.8. The molecule has 1 aliphatic rings. The average molecular weight is 250 g/mol. The number of hydrogen-bond acceptors (Lipinski definition) is 3. The molecule has 0 aliphatic carbocycles. The smallest absolute Gasteiger partial charge is 0.234 e. The van der Waals surface area contributed by atoms with Gasteiger partial charge in [0.05, 0.1) is 6.54 Å². The van der Waals surface area contributed by atoms with Gasteiger partial charge in [0.15, 0.2) is 0 Å². The minimum absolute atomic E-state index is 0.112. The van der Waals surface area contributed by atoms with Crippen molar-refractivity contribution in [2.75, 3.05) is 32.7 Å². The molecule has 0 aromatic carbocycles. The maximum atomic E-state index is 11.8. The molecule has 1 aliphatic heterocycles. The number of aromatic nitrogens is 1. The second-order valence-corrected chi connectivity index (χ2v) is 4.84. The summed E-state index contributed by atoms with van der Waals surface area (Å²) in [5.74, 6) is 0.112. The fraction of sp³-hybridized carbons (Fsp3) is 0.615. The second-order valence-electron chi connectivity index (χ2n) is 4.84. The fourth-order valence-corrected chi connectivity index (χ4v) is 2.18. The van der Waals surface area contributed by atoms with Crippen molar-refractivity contribution in [3.63, 3.8) is 0 Å². The summed E-state index contributed by atoms with van der Waals surface area (Å²) >= 11 is 0. The minimum Gasteiger partial charge on any atom is -0.357 e. The third-order valence-electron chi connectivity index (χ3n) is 3.18. The lowest BCUT2D eigenvalue weighted by Crippen LogP contribution is -2.38. The standard InChI is InChI=1S/C13H22N4O/c1-16-7-3-12(10-16)9-15-13(18)11-17-6-2-4-14-5-8-17/h3,7,10,14H,2,4-6,8-9,11H2,1H3,(H,15,18). The molecule has 0 bridgehead atoms. The quantitative estimate of drug-likeness (QED) is 0.787. The number of carbonyl (C=O) groups is 1. The Hall–Kier alpha value is -1.33. The summed E-state index contributed by atoms with van der Waals surface area (Å²) in [7, 11) is 1.98. The van der Waals surface area contributed by atoms with E-state index < -0.39 is 0 Å². The van der Waals surface area contributed by atoms with Crippen LogP contribution in [-0.2, 0) is 18.4 Å². The van der Waals surface area contributed by atoms with E-state index >= 15 is 0 Å². The normalized spacial score (nSPS) is 17.4. The number of hydrogen-bond donors (Lipinski definition) is 2. The van der Waals surface area contributed by atoms with Gasteiger partial charge in [-0.15, -0.1) is 0 Å². The van der Waals surface area contributed by atoms with Gasteiger partial charge in [-0.2, -0.15) is 0 Å². The molecule has 1 fully saturated rings. The van der Waals surface area contributed by atoms with Gasteiger partial charge in [0.1, 0.15) is 0 Å². The van der Waals surface area contributed by atoms with Crippen LogP contribution in [0.5, 0.6) is 0 Å². The largest absolute Gasteiger partial charge is 0.357 e. The first-order chi connectivity index (χ1) is 8.74. The van der Waals surface area contributed by atoms with Gasteiger partial charge in [-0.05, 0) is 31.1 Å². The molecule has 5 nitrogen and oxygen atoms in total. The van der Waals surface area contributed by atoms with E-state index in [0.717, 1.165) is 38.2 Å². The van der Waals surface area contributed by atoms with E-state index in [-0.39, 0.29) is 5.91 Å². The van der Waals surface area contributed by atoms with Crippen LogP contribution in [0, 0.1) is 0 Å². The number of nitrogens with zero attached hydrogens (tertiary/aromatic N) is 2. The van der Waals surface area contributed by atoms with Crippen LogP contribution >= 0.6 is 0 Å². The van der Waals surface area contributed by atoms with E-state index in [1.807, 2.05) is 30.1 Å². The molecule has 0 spiro atoms. The van der Waals surface area contributed by atoms with Crippen molar-refractivity contribution in [1.29, 1.82) is 0 Å². The van der Waals surface area contributed by atoms with E-state index in [1.165, 1.54) is 0 Å². The van der Waals surface area contributed by atoms with Gasteiger partial charge in [0.25, 0.3) is 0 Å². The van der Waals surface area contributed by atoms with Crippen molar-refractivity contribution in [3.8, 4) is 0 Å². The van der Waals surface area contributed by atoms with E-state index in [9.17, 15) is 4.79 Å². The Balaban J connectivity index is 1.71. The Morgan fingerprint density at radius 1 is 1.44 bits per heavy atom. The molecule has 0 unspecified atom stereocenters. The number of nitrogens with one attached hydrogen (secondary N) is 2. The van der Waals surface area contributed by atoms with Crippen molar-refractivity contribution in [1.82, 2.24) is 20.1 Å². The van der Waals surface area contributed by atoms with Crippen LogP contribution in [0.25, 0.3) is 0 Å². The summed E-state index contributed by atoms with van der Waals surface area (Å²) in [6.07, 6.45) is 5.13. The molecular formula is C13H22N4O. The summed E-state index contributed by atoms with van der Waals surface area (Å²) in [4.78, 5) is 14.0. The third kappa shape index (κ3) is 4.16. The Bertz CT molecular complexity index is 380. The van der Waals surface area contributed by atoms with Gasteiger partial charge in [-0.1, -0.05) is 0 Å². The molecule has 1 aromatic heterocycles. The van der Waals surface area contributed by atoms with Crippen molar-refractivity contribution in [2.45, 2.75) is 13.0 Å². The van der Waals surface area contributed by atoms with E-state index in [0.29, 0.717) is 13.1 Å². The Kier molecular flexibility index (Phi) is 4.78. The summed E-state index contributed by atoms with van der Waals surface area (Å²) in [5.41, 5.74) is 1.14. The molecule has 0 radical (unpaired) electrons. The maximum Gasteiger partial charge on any atom is 0.234 e. The van der Waals surface area contributed by atoms with Crippen molar-refractivity contribution < 1.29 is 4.79 Å². The molecule has 1 aromatic rings. The molecule has 1 amide bonds. The first kappa shape index (κ1) is 13.1. The summed E-state index contributed by atoms with van der Waals surface area (Å²) in [6, 6.07) is 2.02. The highest BCUT2D eigenvalue weighted by molar-refractivity contribution is 5.78. The number of carbonyl (C=O) groups excluding carboxylic acids is 1. The molecule has 100 valence electrons. The topological polar surface area (TPSA) is 49.3 Å². The molecule has 5 heteroatoms. The highest BCUT2D eigenvalue weighted by Gasteiger charge is 2.12. The predicted octanol–water partition coefficient (Wildman–Crippen LogP) is -0.0634. The minimum atomic E-state index is 0.112. The molecule has 18 heavy (non-hydrogen) atoms. The molecule has 1 saturated heterocycles. The summed E-state index contributed by atoms with van der Waals surface area (Å²) in [6.45, 7) is 5.12. The average Bonchev–Trinajstić information content (AvgIpc) is 2.60. The van der Waals surface area contributed by atoms with Crippen molar-refractivity contribution in [3.05, 3.63) is 24.0 Å². The zero-order valence-electron chi connectivity index (χ0n) is 11.0. The lowest BCUT2D eigenvalue weighted by atomic mass is 10.3. The van der Waals surface area contributed by atoms with Gasteiger partial charge >= 0.3 is 0 Å². The Labute approximate surface area is 108 Å². The molecule has 0 atom stereocenters. The first-order valence-electron chi connectivity index (χ1n) is 6.54. The zero-order chi connectivity index (χ0) is 12.8. The van der Waals surface area contributed by atoms with E-state index in [1.54, 1.807) is 0 Å². The highest BCUT2D eigenvalue weighted by atomic mass is 16.2. The summed E-state index contributed by atoms with van der Waals surface area (Å²) < 4.78 is 1.99. The monoisotopic (exact) mass is 250 g/mol. The second kappa shape index (κ2) is 6.56. The van der Waals surface area contributed by atoms with Crippen LogP contribution in [0.4, 0.5) is 0 Å². The van der Waals surface area contributed by atoms with Crippen LogP contribution in [0.1, 0.15) is 12.0 Å². The van der Waals surface area contributed by atoms with E-state index in [4.69, 9.17) is 0 Å². The van der Waals surface area contributed by atoms with Gasteiger partial charge in [-0.25, -0.2) is 0 Å². The van der Waals surface area contributed by atoms with Crippen LogP contribution in [-0.4, -0.2) is 48.1 Å². The molecule has 2 heterocycles. The molecule has 2 rings (SSSR count). The zero-order valence-corrected chi connectivity index (χ0v) is 11.0. The summed E-state index contributed by atoms with van der Waals surface area (Å²) in [5, 5.41) is 6.30. The molecular weight excluding hydrogens is 228 g/mol. The fourth-order valence-electron chi connectivity index (χ4n) is 2.18. The number of aryl methyl sites for hydroxylation is 1. The van der Waals surface area contributed by atoms with Gasteiger partial charge in [0.2, 0.25) is 5.91 Å². The van der Waals surface area contributed by atoms with Crippen molar-refractivity contribution in [2.24, 2.45) is 7.05 Å². The van der Waals surface area contributed by atoms with Crippen LogP contribution in [0.15, 0.2) is 18.5 Å². The van der Waals surface area contributed by atoms with Crippen LogP contribution < -0.4 is 10.6 Å². The van der Waals surface area contributed by atoms with Gasteiger partial charge < -0.3 is 15.2 Å². The van der Waals surface area contributed by atoms with Gasteiger partial charge in [0, 0.05) is 39.1 Å². The Morgan fingerprint density at radius 2 is 2.33 bits per heavy atom. The molecule has 2 N–H and O–H groups in total. The lowest BCUT2D eigenvalue weighted by Gasteiger charge is -2.18. The lowest BCUT2D eigenvalue weighted by molar-refractivity contribution is -0.122. The van der Waals surface area contributed by atoms with Crippen LogP contribution in [0.2, 0.25) is 0 Å². The van der Waals surface area contributed by atoms with Crippen LogP contribution in [0.3, 0.4) is 0 Å². The predicted molar refractivity (Wildman–Crippen MR) is 71.2 cm³/mol. The highest BCUT2D eigenvalue weighted by Crippen LogP contribution is 1.99. The SMILES string of the molecule is Cn1ccc(CNC(=O)CN2CCCNCC2)c1. The Morgan fingerprint density at radius 3 is 3.11 bits per heavy atom. The van der Waals surface area contributed by atoms with E-state index in [2.05, 4.69) is 15.5 Å². The number of amides is 1.